The maximum atomic E-state index is 12.5. The van der Waals surface area contributed by atoms with Crippen molar-refractivity contribution in [1.82, 2.24) is 9.80 Å². The van der Waals surface area contributed by atoms with E-state index in [1.807, 2.05) is 23.1 Å². The third-order valence-corrected chi connectivity index (χ3v) is 4.11. The third kappa shape index (κ3) is 2.35. The first-order chi connectivity index (χ1) is 9.65. The molecule has 3 rings (SSSR count). The van der Waals surface area contributed by atoms with Crippen LogP contribution in [-0.4, -0.2) is 53.8 Å². The number of piperazine rings is 1. The Kier molecular flexibility index (Phi) is 3.34. The molecule has 5 nitrogen and oxygen atoms in total. The SMILES string of the molecule is CC(=O)N1CCN(C(=O)C2Cc3ccccc3N2)CC1. The Morgan fingerprint density at radius 2 is 1.75 bits per heavy atom. The van der Waals surface area contributed by atoms with Crippen molar-refractivity contribution in [3.63, 3.8) is 0 Å². The van der Waals surface area contributed by atoms with Gasteiger partial charge in [-0.15, -0.1) is 0 Å². The first kappa shape index (κ1) is 13.0. The van der Waals surface area contributed by atoms with Crippen molar-refractivity contribution >= 4 is 17.5 Å². The number of hydrogen-bond donors (Lipinski definition) is 1. The molecule has 106 valence electrons. The molecule has 1 aromatic rings. The van der Waals surface area contributed by atoms with Gasteiger partial charge in [0.25, 0.3) is 0 Å². The number of para-hydroxylation sites is 1. The molecule has 2 heterocycles. The van der Waals surface area contributed by atoms with Gasteiger partial charge < -0.3 is 15.1 Å². The van der Waals surface area contributed by atoms with Crippen molar-refractivity contribution in [2.75, 3.05) is 31.5 Å². The second-order valence-corrected chi connectivity index (χ2v) is 5.39. The third-order valence-electron chi connectivity index (χ3n) is 4.11. The first-order valence-electron chi connectivity index (χ1n) is 7.04. The molecule has 0 bridgehead atoms. The lowest BCUT2D eigenvalue weighted by Gasteiger charge is -2.35. The smallest absolute Gasteiger partial charge is 0.245 e. The lowest BCUT2D eigenvalue weighted by atomic mass is 10.1. The highest BCUT2D eigenvalue weighted by Crippen LogP contribution is 2.26. The molecule has 2 aliphatic rings. The van der Waals surface area contributed by atoms with Crippen molar-refractivity contribution in [3.05, 3.63) is 29.8 Å². The van der Waals surface area contributed by atoms with Gasteiger partial charge in [-0.3, -0.25) is 9.59 Å². The van der Waals surface area contributed by atoms with Crippen LogP contribution in [0.4, 0.5) is 5.69 Å². The molecule has 2 aliphatic heterocycles. The number of anilines is 1. The number of amides is 2. The predicted molar refractivity (Wildman–Crippen MR) is 76.4 cm³/mol. The molecular weight excluding hydrogens is 254 g/mol. The quantitative estimate of drug-likeness (QED) is 0.820. The van der Waals surface area contributed by atoms with Crippen LogP contribution in [0.15, 0.2) is 24.3 Å². The zero-order chi connectivity index (χ0) is 14.1. The number of hydrogen-bond acceptors (Lipinski definition) is 3. The summed E-state index contributed by atoms with van der Waals surface area (Å²) in [5, 5.41) is 3.29. The lowest BCUT2D eigenvalue weighted by molar-refractivity contribution is -0.138. The van der Waals surface area contributed by atoms with E-state index in [0.29, 0.717) is 26.2 Å². The van der Waals surface area contributed by atoms with Crippen LogP contribution in [0.5, 0.6) is 0 Å². The maximum absolute atomic E-state index is 12.5. The van der Waals surface area contributed by atoms with E-state index < -0.39 is 0 Å². The van der Waals surface area contributed by atoms with E-state index in [4.69, 9.17) is 0 Å². The summed E-state index contributed by atoms with van der Waals surface area (Å²) in [5.74, 6) is 0.230. The van der Waals surface area contributed by atoms with Gasteiger partial charge in [0.15, 0.2) is 0 Å². The van der Waals surface area contributed by atoms with E-state index in [2.05, 4.69) is 11.4 Å². The number of fused-ring (bicyclic) bond motifs is 1. The van der Waals surface area contributed by atoms with Crippen molar-refractivity contribution in [2.45, 2.75) is 19.4 Å². The zero-order valence-corrected chi connectivity index (χ0v) is 11.6. The van der Waals surface area contributed by atoms with Gasteiger partial charge in [-0.1, -0.05) is 18.2 Å². The van der Waals surface area contributed by atoms with Gasteiger partial charge in [0.2, 0.25) is 11.8 Å². The molecule has 2 amide bonds. The standard InChI is InChI=1S/C15H19N3O2/c1-11(19)17-6-8-18(9-7-17)15(20)14-10-12-4-2-3-5-13(12)16-14/h2-5,14,16H,6-10H2,1H3. The second-order valence-electron chi connectivity index (χ2n) is 5.39. The maximum Gasteiger partial charge on any atom is 0.245 e. The van der Waals surface area contributed by atoms with E-state index >= 15 is 0 Å². The van der Waals surface area contributed by atoms with Crippen molar-refractivity contribution < 1.29 is 9.59 Å². The molecule has 0 saturated carbocycles. The Morgan fingerprint density at radius 3 is 2.40 bits per heavy atom. The van der Waals surface area contributed by atoms with E-state index in [-0.39, 0.29) is 17.9 Å². The molecule has 1 fully saturated rings. The van der Waals surface area contributed by atoms with E-state index in [1.165, 1.54) is 5.56 Å². The molecule has 5 heteroatoms. The molecule has 20 heavy (non-hydrogen) atoms. The largest absolute Gasteiger partial charge is 0.373 e. The minimum Gasteiger partial charge on any atom is -0.373 e. The molecule has 1 atom stereocenters. The fourth-order valence-electron chi connectivity index (χ4n) is 2.91. The molecule has 1 unspecified atom stereocenters. The minimum absolute atomic E-state index is 0.0866. The van der Waals surface area contributed by atoms with Gasteiger partial charge in [0, 0.05) is 45.2 Å². The van der Waals surface area contributed by atoms with Crippen LogP contribution in [0.3, 0.4) is 0 Å². The topological polar surface area (TPSA) is 52.7 Å². The highest BCUT2D eigenvalue weighted by atomic mass is 16.2. The summed E-state index contributed by atoms with van der Waals surface area (Å²) >= 11 is 0. The van der Waals surface area contributed by atoms with Gasteiger partial charge >= 0.3 is 0 Å². The monoisotopic (exact) mass is 273 g/mol. The zero-order valence-electron chi connectivity index (χ0n) is 11.6. The molecule has 0 spiro atoms. The van der Waals surface area contributed by atoms with Crippen molar-refractivity contribution in [1.29, 1.82) is 0 Å². The van der Waals surface area contributed by atoms with Crippen LogP contribution >= 0.6 is 0 Å². The molecule has 0 aromatic heterocycles. The van der Waals surface area contributed by atoms with Gasteiger partial charge in [-0.2, -0.15) is 0 Å². The van der Waals surface area contributed by atoms with E-state index in [1.54, 1.807) is 11.8 Å². The predicted octanol–water partition coefficient (Wildman–Crippen LogP) is 0.714. The summed E-state index contributed by atoms with van der Waals surface area (Å²) in [7, 11) is 0. The molecule has 0 aliphatic carbocycles. The Hall–Kier alpha value is -2.04. The van der Waals surface area contributed by atoms with Crippen molar-refractivity contribution in [3.8, 4) is 0 Å². The molecule has 1 saturated heterocycles. The van der Waals surface area contributed by atoms with Gasteiger partial charge in [0.05, 0.1) is 0 Å². The molecule has 1 aromatic carbocycles. The summed E-state index contributed by atoms with van der Waals surface area (Å²) in [6.45, 7) is 4.12. The number of rotatable bonds is 1. The van der Waals surface area contributed by atoms with Gasteiger partial charge in [-0.25, -0.2) is 0 Å². The van der Waals surface area contributed by atoms with Crippen LogP contribution in [-0.2, 0) is 16.0 Å². The van der Waals surface area contributed by atoms with E-state index in [0.717, 1.165) is 12.1 Å². The average molecular weight is 273 g/mol. The number of nitrogens with one attached hydrogen (secondary N) is 1. The van der Waals surface area contributed by atoms with Crippen LogP contribution < -0.4 is 5.32 Å². The molecule has 0 radical (unpaired) electrons. The highest BCUT2D eigenvalue weighted by molar-refractivity contribution is 5.87. The van der Waals surface area contributed by atoms with E-state index in [9.17, 15) is 9.59 Å². The Balaban J connectivity index is 1.60. The summed E-state index contributed by atoms with van der Waals surface area (Å²) < 4.78 is 0. The Labute approximate surface area is 118 Å². The van der Waals surface area contributed by atoms with Crippen molar-refractivity contribution in [2.24, 2.45) is 0 Å². The number of benzene rings is 1. The fourth-order valence-corrected chi connectivity index (χ4v) is 2.91. The highest BCUT2D eigenvalue weighted by Gasteiger charge is 2.31. The van der Waals surface area contributed by atoms with Gasteiger partial charge in [0.1, 0.15) is 6.04 Å². The van der Waals surface area contributed by atoms with Crippen LogP contribution in [0.1, 0.15) is 12.5 Å². The summed E-state index contributed by atoms with van der Waals surface area (Å²) in [5.41, 5.74) is 2.27. The fraction of sp³-hybridized carbons (Fsp3) is 0.467. The average Bonchev–Trinajstić information content (AvgIpc) is 2.90. The summed E-state index contributed by atoms with van der Waals surface area (Å²) in [6, 6.07) is 7.89. The Bertz CT molecular complexity index is 511. The number of nitrogens with zero attached hydrogens (tertiary/aromatic N) is 2. The minimum atomic E-state index is -0.156. The second kappa shape index (κ2) is 5.15. The molecule has 1 N–H and O–H groups in total. The number of carbonyl (C=O) groups excluding carboxylic acids is 2. The van der Waals surface area contributed by atoms with Gasteiger partial charge in [-0.05, 0) is 11.6 Å². The summed E-state index contributed by atoms with van der Waals surface area (Å²) in [4.78, 5) is 27.5. The molecular formula is C15H19N3O2. The first-order valence-corrected chi connectivity index (χ1v) is 7.04. The number of carbonyl (C=O) groups is 2. The van der Waals surface area contributed by atoms with Crippen LogP contribution in [0, 0.1) is 0 Å². The lowest BCUT2D eigenvalue weighted by Crippen LogP contribution is -2.53. The van der Waals surface area contributed by atoms with Crippen LogP contribution in [0.2, 0.25) is 0 Å². The normalized spacial score (nSPS) is 21.4. The summed E-state index contributed by atoms with van der Waals surface area (Å²) in [6.07, 6.45) is 0.752. The van der Waals surface area contributed by atoms with Crippen LogP contribution in [0.25, 0.3) is 0 Å². The Morgan fingerprint density at radius 1 is 1.10 bits per heavy atom.